The van der Waals surface area contributed by atoms with E-state index in [1.807, 2.05) is 0 Å². The van der Waals surface area contributed by atoms with Crippen molar-refractivity contribution in [3.05, 3.63) is 0 Å². The number of thiol groups is 1. The van der Waals surface area contributed by atoms with Gasteiger partial charge in [0.1, 0.15) is 0 Å². The Labute approximate surface area is 70.6 Å². The van der Waals surface area contributed by atoms with Gasteiger partial charge in [0.25, 0.3) is 0 Å². The van der Waals surface area contributed by atoms with Gasteiger partial charge in [-0.15, -0.1) is 0 Å². The topological polar surface area (TPSA) is 66.8 Å². The van der Waals surface area contributed by atoms with E-state index < -0.39 is 17.5 Å². The molecule has 0 amide bonds. The molecule has 0 aromatic rings. The Kier molecular flexibility index (Phi) is 5.27. The molecule has 5 heteroatoms. The fraction of sp³-hybridized carbons (Fsp3) is 0.833. The maximum Gasteiger partial charge on any atom is 0.304 e. The van der Waals surface area contributed by atoms with Crippen LogP contribution in [-0.4, -0.2) is 34.3 Å². The summed E-state index contributed by atoms with van der Waals surface area (Å²) in [5, 5.41) is 16.9. The van der Waals surface area contributed by atoms with Crippen molar-refractivity contribution in [2.75, 3.05) is 6.61 Å². The Bertz CT molecular complexity index is 128. The third kappa shape index (κ3) is 5.06. The monoisotopic (exact) mass is 180 g/mol. The summed E-state index contributed by atoms with van der Waals surface area (Å²) in [5.74, 6) is -0.561. The summed E-state index contributed by atoms with van der Waals surface area (Å²) >= 11 is 3.89. The second kappa shape index (κ2) is 5.40. The van der Waals surface area contributed by atoms with Gasteiger partial charge in [-0.3, -0.25) is 4.79 Å². The van der Waals surface area contributed by atoms with Crippen molar-refractivity contribution in [3.8, 4) is 0 Å². The van der Waals surface area contributed by atoms with Gasteiger partial charge < -0.3 is 14.9 Å². The first-order valence-corrected chi connectivity index (χ1v) is 3.73. The number of aliphatic hydroxyl groups excluding tert-OH is 2. The van der Waals surface area contributed by atoms with Crippen LogP contribution in [0.3, 0.4) is 0 Å². The van der Waals surface area contributed by atoms with Crippen LogP contribution in [0, 0.1) is 0 Å². The zero-order valence-electron chi connectivity index (χ0n) is 6.23. The van der Waals surface area contributed by atoms with E-state index in [-0.39, 0.29) is 13.0 Å². The molecule has 4 nitrogen and oxygen atoms in total. The molecule has 11 heavy (non-hydrogen) atoms. The van der Waals surface area contributed by atoms with Crippen LogP contribution in [0.4, 0.5) is 0 Å². The number of carbonyl (C=O) groups excluding carboxylic acids is 1. The minimum absolute atomic E-state index is 0.0908. The highest BCUT2D eigenvalue weighted by molar-refractivity contribution is 7.81. The Morgan fingerprint density at radius 2 is 2.27 bits per heavy atom. The first-order chi connectivity index (χ1) is 5.07. The number of rotatable bonds is 4. The largest absolute Gasteiger partial charge is 0.435 e. The Morgan fingerprint density at radius 3 is 2.64 bits per heavy atom. The van der Waals surface area contributed by atoms with Gasteiger partial charge in [0.2, 0.25) is 6.29 Å². The number of hydrogen-bond donors (Lipinski definition) is 3. The molecule has 0 saturated heterocycles. The lowest BCUT2D eigenvalue weighted by atomic mass is 10.3. The van der Waals surface area contributed by atoms with Crippen LogP contribution in [0.1, 0.15) is 13.3 Å². The van der Waals surface area contributed by atoms with Crippen LogP contribution < -0.4 is 0 Å². The van der Waals surface area contributed by atoms with Crippen molar-refractivity contribution in [3.63, 3.8) is 0 Å². The van der Waals surface area contributed by atoms with Crippen molar-refractivity contribution < 1.29 is 19.7 Å². The third-order valence-electron chi connectivity index (χ3n) is 1.04. The predicted octanol–water partition coefficient (Wildman–Crippen LogP) is -0.451. The number of ether oxygens (including phenoxy) is 1. The van der Waals surface area contributed by atoms with Gasteiger partial charge in [-0.05, 0) is 6.42 Å². The van der Waals surface area contributed by atoms with E-state index in [9.17, 15) is 4.79 Å². The molecule has 0 spiro atoms. The molecule has 2 atom stereocenters. The molecule has 0 bridgehead atoms. The SMILES string of the molecule is CC(=O)OC(O)C(S)CCO. The average Bonchev–Trinajstić information content (AvgIpc) is 1.86. The lowest BCUT2D eigenvalue weighted by Gasteiger charge is -2.15. The molecule has 0 heterocycles. The fourth-order valence-corrected chi connectivity index (χ4v) is 0.700. The first-order valence-electron chi connectivity index (χ1n) is 3.22. The van der Waals surface area contributed by atoms with Crippen molar-refractivity contribution in [2.24, 2.45) is 0 Å². The van der Waals surface area contributed by atoms with Crippen molar-refractivity contribution >= 4 is 18.6 Å². The molecule has 0 radical (unpaired) electrons. The number of hydrogen-bond acceptors (Lipinski definition) is 5. The molecule has 0 fully saturated rings. The number of esters is 1. The van der Waals surface area contributed by atoms with E-state index in [2.05, 4.69) is 17.4 Å². The molecular formula is C6H12O4S. The minimum Gasteiger partial charge on any atom is -0.435 e. The van der Waals surface area contributed by atoms with Gasteiger partial charge in [0.05, 0.1) is 5.25 Å². The molecule has 0 aliphatic carbocycles. The number of aliphatic hydroxyl groups is 2. The second-order valence-corrected chi connectivity index (χ2v) is 2.74. The third-order valence-corrected chi connectivity index (χ3v) is 1.55. The minimum atomic E-state index is -1.23. The maximum absolute atomic E-state index is 10.3. The standard InChI is InChI=1S/C6H12O4S/c1-4(8)10-6(9)5(11)2-3-7/h5-7,9,11H,2-3H2,1H3. The summed E-state index contributed by atoms with van der Waals surface area (Å²) in [5.41, 5.74) is 0. The van der Waals surface area contributed by atoms with E-state index in [4.69, 9.17) is 10.2 Å². The maximum atomic E-state index is 10.3. The Morgan fingerprint density at radius 1 is 1.73 bits per heavy atom. The van der Waals surface area contributed by atoms with Gasteiger partial charge in [-0.25, -0.2) is 0 Å². The molecule has 0 aromatic carbocycles. The highest BCUT2D eigenvalue weighted by Gasteiger charge is 2.16. The summed E-state index contributed by atoms with van der Waals surface area (Å²) in [4.78, 5) is 10.3. The molecule has 0 aliphatic heterocycles. The lowest BCUT2D eigenvalue weighted by molar-refractivity contribution is -0.165. The molecule has 0 aliphatic rings. The van der Waals surface area contributed by atoms with Crippen LogP contribution in [0.2, 0.25) is 0 Å². The van der Waals surface area contributed by atoms with Crippen LogP contribution in [0.15, 0.2) is 0 Å². The Balaban J connectivity index is 3.63. The molecule has 0 aromatic heterocycles. The molecule has 0 saturated carbocycles. The summed E-state index contributed by atoms with van der Waals surface area (Å²) in [6, 6.07) is 0. The van der Waals surface area contributed by atoms with E-state index in [1.165, 1.54) is 6.92 Å². The van der Waals surface area contributed by atoms with E-state index in [0.29, 0.717) is 0 Å². The second-order valence-electron chi connectivity index (χ2n) is 2.08. The predicted molar refractivity (Wildman–Crippen MR) is 42.2 cm³/mol. The molecule has 2 N–H and O–H groups in total. The summed E-state index contributed by atoms with van der Waals surface area (Å²) in [7, 11) is 0. The average molecular weight is 180 g/mol. The quantitative estimate of drug-likeness (QED) is 0.311. The fourth-order valence-electron chi connectivity index (χ4n) is 0.523. The lowest BCUT2D eigenvalue weighted by Crippen LogP contribution is -2.27. The molecule has 66 valence electrons. The first kappa shape index (κ1) is 10.7. The van der Waals surface area contributed by atoms with E-state index in [1.54, 1.807) is 0 Å². The van der Waals surface area contributed by atoms with Crippen LogP contribution in [0.5, 0.6) is 0 Å². The van der Waals surface area contributed by atoms with E-state index in [0.717, 1.165) is 0 Å². The van der Waals surface area contributed by atoms with Crippen molar-refractivity contribution in [1.82, 2.24) is 0 Å². The van der Waals surface area contributed by atoms with Gasteiger partial charge >= 0.3 is 5.97 Å². The summed E-state index contributed by atoms with van der Waals surface area (Å²) in [6.45, 7) is 1.11. The van der Waals surface area contributed by atoms with Gasteiger partial charge in [0.15, 0.2) is 0 Å². The van der Waals surface area contributed by atoms with Crippen LogP contribution in [-0.2, 0) is 9.53 Å². The molecule has 2 unspecified atom stereocenters. The van der Waals surface area contributed by atoms with Crippen LogP contribution in [0.25, 0.3) is 0 Å². The van der Waals surface area contributed by atoms with Crippen molar-refractivity contribution in [2.45, 2.75) is 24.9 Å². The zero-order valence-corrected chi connectivity index (χ0v) is 7.12. The van der Waals surface area contributed by atoms with Gasteiger partial charge in [0, 0.05) is 13.5 Å². The highest BCUT2D eigenvalue weighted by Crippen LogP contribution is 2.07. The summed E-state index contributed by atoms with van der Waals surface area (Å²) in [6.07, 6.45) is -0.944. The molecule has 0 rings (SSSR count). The molecular weight excluding hydrogens is 168 g/mol. The van der Waals surface area contributed by atoms with Gasteiger partial charge in [-0.1, -0.05) is 0 Å². The smallest absolute Gasteiger partial charge is 0.304 e. The van der Waals surface area contributed by atoms with Crippen LogP contribution >= 0.6 is 12.6 Å². The number of carbonyl (C=O) groups is 1. The summed E-state index contributed by atoms with van der Waals surface area (Å²) < 4.78 is 4.39. The zero-order chi connectivity index (χ0) is 8.85. The Hall–Kier alpha value is -0.260. The van der Waals surface area contributed by atoms with Gasteiger partial charge in [-0.2, -0.15) is 12.6 Å². The van der Waals surface area contributed by atoms with Crippen molar-refractivity contribution in [1.29, 1.82) is 0 Å². The van der Waals surface area contributed by atoms with E-state index >= 15 is 0 Å². The highest BCUT2D eigenvalue weighted by atomic mass is 32.1. The normalized spacial score (nSPS) is 15.6.